The molecule has 0 radical (unpaired) electrons. The van der Waals surface area contributed by atoms with Crippen LogP contribution in [0.5, 0.6) is 0 Å². The Bertz CT molecular complexity index is 121. The van der Waals surface area contributed by atoms with Crippen LogP contribution < -0.4 is 0 Å². The van der Waals surface area contributed by atoms with E-state index in [0.717, 1.165) is 6.42 Å². The van der Waals surface area contributed by atoms with E-state index in [1.54, 1.807) is 0 Å². The Labute approximate surface area is 55.3 Å². The molecule has 0 aromatic carbocycles. The van der Waals surface area contributed by atoms with E-state index in [4.69, 9.17) is 0 Å². The summed E-state index contributed by atoms with van der Waals surface area (Å²) in [6.45, 7) is 3.27. The van der Waals surface area contributed by atoms with Gasteiger partial charge in [-0.25, -0.2) is 0 Å². The van der Waals surface area contributed by atoms with E-state index in [9.17, 15) is 9.36 Å². The number of carbonyl (C=O) groups excluding carboxylic acids is 1. The molecule has 3 nitrogen and oxygen atoms in total. The summed E-state index contributed by atoms with van der Waals surface area (Å²) in [5.41, 5.74) is 0. The van der Waals surface area contributed by atoms with E-state index in [2.05, 4.69) is 4.52 Å². The topological polar surface area (TPSA) is 43.4 Å². The molecule has 0 bridgehead atoms. The summed E-state index contributed by atoms with van der Waals surface area (Å²) in [5, 5.41) is 0. The van der Waals surface area contributed by atoms with Crippen LogP contribution >= 0.6 is 8.03 Å². The van der Waals surface area contributed by atoms with Crippen molar-refractivity contribution in [2.24, 2.45) is 0 Å². The van der Waals surface area contributed by atoms with Crippen molar-refractivity contribution in [1.82, 2.24) is 0 Å². The van der Waals surface area contributed by atoms with Crippen molar-refractivity contribution < 1.29 is 13.9 Å². The third-order valence-corrected chi connectivity index (χ3v) is 1.23. The number of carbonyl (C=O) groups is 1. The van der Waals surface area contributed by atoms with Gasteiger partial charge in [0.2, 0.25) is 8.03 Å². The van der Waals surface area contributed by atoms with E-state index in [1.165, 1.54) is 6.66 Å². The first-order chi connectivity index (χ1) is 4.16. The van der Waals surface area contributed by atoms with Gasteiger partial charge >= 0.3 is 5.97 Å². The van der Waals surface area contributed by atoms with Crippen LogP contribution in [0.1, 0.15) is 19.8 Å². The maximum absolute atomic E-state index is 10.5. The van der Waals surface area contributed by atoms with Crippen LogP contribution in [0.3, 0.4) is 0 Å². The maximum atomic E-state index is 10.5. The molecule has 4 heteroatoms. The highest BCUT2D eigenvalue weighted by Gasteiger charge is 2.00. The lowest BCUT2D eigenvalue weighted by atomic mass is 10.4. The molecule has 0 amide bonds. The van der Waals surface area contributed by atoms with E-state index in [0.29, 0.717) is 6.42 Å². The largest absolute Gasteiger partial charge is 0.414 e. The molecule has 0 saturated carbocycles. The van der Waals surface area contributed by atoms with Crippen molar-refractivity contribution in [3.05, 3.63) is 0 Å². The molecule has 0 saturated heterocycles. The van der Waals surface area contributed by atoms with Crippen LogP contribution in [0.25, 0.3) is 0 Å². The third-order valence-electron chi connectivity index (χ3n) is 0.712. The van der Waals surface area contributed by atoms with Gasteiger partial charge in [-0.15, -0.1) is 0 Å². The van der Waals surface area contributed by atoms with Gasteiger partial charge in [-0.2, -0.15) is 0 Å². The lowest BCUT2D eigenvalue weighted by Gasteiger charge is -1.96. The van der Waals surface area contributed by atoms with Crippen molar-refractivity contribution in [2.75, 3.05) is 6.66 Å². The molecule has 9 heavy (non-hydrogen) atoms. The van der Waals surface area contributed by atoms with Crippen molar-refractivity contribution in [1.29, 1.82) is 0 Å². The van der Waals surface area contributed by atoms with Crippen LogP contribution in [0.4, 0.5) is 0 Å². The van der Waals surface area contributed by atoms with Gasteiger partial charge in [0, 0.05) is 13.1 Å². The molecule has 54 valence electrons. The van der Waals surface area contributed by atoms with E-state index in [-0.39, 0.29) is 5.97 Å². The van der Waals surface area contributed by atoms with Gasteiger partial charge in [-0.05, 0) is 6.42 Å². The Balaban J connectivity index is 3.39. The molecule has 0 N–H and O–H groups in total. The Morgan fingerprint density at radius 3 is 2.56 bits per heavy atom. The molecular weight excluding hydrogens is 139 g/mol. The first kappa shape index (κ1) is 8.70. The lowest BCUT2D eigenvalue weighted by Crippen LogP contribution is -1.95. The molecule has 0 aromatic rings. The SMILES string of the molecule is CCCC(=O)O[PH](C)=O. The molecular formula is C5H11O3P. The molecule has 0 aliphatic carbocycles. The average Bonchev–Trinajstić information content (AvgIpc) is 1.63. The van der Waals surface area contributed by atoms with Gasteiger partial charge in [0.1, 0.15) is 0 Å². The van der Waals surface area contributed by atoms with Crippen LogP contribution in [0, 0.1) is 0 Å². The monoisotopic (exact) mass is 150 g/mol. The molecule has 0 heterocycles. The standard InChI is InChI=1S/C5H11O3P/c1-3-4-5(6)8-9(2)7/h9H,3-4H2,1-2H3. The number of hydrogen-bond donors (Lipinski definition) is 0. The molecule has 0 aromatic heterocycles. The van der Waals surface area contributed by atoms with Crippen molar-refractivity contribution in [3.8, 4) is 0 Å². The summed E-state index contributed by atoms with van der Waals surface area (Å²) in [4.78, 5) is 10.5. The highest BCUT2D eigenvalue weighted by atomic mass is 31.1. The van der Waals surface area contributed by atoms with Gasteiger partial charge in [-0.3, -0.25) is 9.36 Å². The summed E-state index contributed by atoms with van der Waals surface area (Å²) in [5.74, 6) is -0.358. The van der Waals surface area contributed by atoms with Gasteiger partial charge in [0.15, 0.2) is 0 Å². The molecule has 0 aliphatic heterocycles. The summed E-state index contributed by atoms with van der Waals surface area (Å²) in [6.07, 6.45) is 1.11. The second-order valence-electron chi connectivity index (χ2n) is 1.72. The highest BCUT2D eigenvalue weighted by molar-refractivity contribution is 7.38. The number of hydrogen-bond acceptors (Lipinski definition) is 3. The Hall–Kier alpha value is -0.300. The Morgan fingerprint density at radius 1 is 1.67 bits per heavy atom. The highest BCUT2D eigenvalue weighted by Crippen LogP contribution is 2.16. The molecule has 0 aliphatic rings. The van der Waals surface area contributed by atoms with Crippen LogP contribution in [-0.4, -0.2) is 12.6 Å². The van der Waals surface area contributed by atoms with Gasteiger partial charge in [0.05, 0.1) is 0 Å². The normalized spacial score (nSPS) is 12.7. The van der Waals surface area contributed by atoms with E-state index < -0.39 is 8.03 Å². The van der Waals surface area contributed by atoms with Crippen LogP contribution in [0.2, 0.25) is 0 Å². The third kappa shape index (κ3) is 5.57. The van der Waals surface area contributed by atoms with E-state index in [1.807, 2.05) is 6.92 Å². The van der Waals surface area contributed by atoms with Gasteiger partial charge in [-0.1, -0.05) is 6.92 Å². The fourth-order valence-corrected chi connectivity index (χ4v) is 0.838. The first-order valence-electron chi connectivity index (χ1n) is 2.88. The zero-order valence-electron chi connectivity index (χ0n) is 5.64. The molecule has 0 spiro atoms. The summed E-state index contributed by atoms with van der Waals surface area (Å²) < 4.78 is 14.7. The molecule has 0 rings (SSSR count). The average molecular weight is 150 g/mol. The summed E-state index contributed by atoms with van der Waals surface area (Å²) >= 11 is 0. The minimum atomic E-state index is -2.06. The fraction of sp³-hybridized carbons (Fsp3) is 0.800. The van der Waals surface area contributed by atoms with Crippen molar-refractivity contribution >= 4 is 14.0 Å². The van der Waals surface area contributed by atoms with Crippen molar-refractivity contribution in [3.63, 3.8) is 0 Å². The molecule has 0 fully saturated rings. The lowest BCUT2D eigenvalue weighted by molar-refractivity contribution is -0.133. The molecule has 1 atom stereocenters. The smallest absolute Gasteiger partial charge is 0.310 e. The van der Waals surface area contributed by atoms with Gasteiger partial charge < -0.3 is 4.52 Å². The quantitative estimate of drug-likeness (QED) is 0.571. The summed E-state index contributed by atoms with van der Waals surface area (Å²) in [6, 6.07) is 0. The zero-order valence-corrected chi connectivity index (χ0v) is 6.64. The minimum absolute atomic E-state index is 0.358. The second kappa shape index (κ2) is 4.57. The number of rotatable bonds is 3. The van der Waals surface area contributed by atoms with Crippen molar-refractivity contribution in [2.45, 2.75) is 19.8 Å². The zero-order chi connectivity index (χ0) is 7.28. The predicted molar refractivity (Wildman–Crippen MR) is 35.9 cm³/mol. The Kier molecular flexibility index (Phi) is 4.41. The maximum Gasteiger partial charge on any atom is 0.310 e. The summed E-state index contributed by atoms with van der Waals surface area (Å²) in [7, 11) is -2.06. The predicted octanol–water partition coefficient (Wildman–Crippen LogP) is 1.43. The molecule has 1 unspecified atom stereocenters. The second-order valence-corrected chi connectivity index (χ2v) is 2.90. The first-order valence-corrected chi connectivity index (χ1v) is 4.69. The van der Waals surface area contributed by atoms with Crippen LogP contribution in [-0.2, 0) is 13.9 Å². The minimum Gasteiger partial charge on any atom is -0.414 e. The van der Waals surface area contributed by atoms with Gasteiger partial charge in [0.25, 0.3) is 0 Å². The van der Waals surface area contributed by atoms with Crippen LogP contribution in [0.15, 0.2) is 0 Å². The van der Waals surface area contributed by atoms with E-state index >= 15 is 0 Å². The fourth-order valence-electron chi connectivity index (χ4n) is 0.415. The Morgan fingerprint density at radius 2 is 2.22 bits per heavy atom.